The van der Waals surface area contributed by atoms with Crippen LogP contribution in [0, 0.1) is 20.8 Å². The maximum absolute atomic E-state index is 2.46. The van der Waals surface area contributed by atoms with Crippen molar-refractivity contribution in [1.29, 1.82) is 0 Å². The van der Waals surface area contributed by atoms with Gasteiger partial charge in [0.2, 0.25) is 0 Å². The second-order valence-electron chi connectivity index (χ2n) is 11.1. The van der Waals surface area contributed by atoms with E-state index in [-0.39, 0.29) is 0 Å². The zero-order chi connectivity index (χ0) is 27.0. The first kappa shape index (κ1) is 23.0. The van der Waals surface area contributed by atoms with Crippen LogP contribution in [-0.2, 0) is 0 Å². The smallest absolute Gasteiger partial charge is 0.0541 e. The summed E-state index contributed by atoms with van der Waals surface area (Å²) in [6, 6.07) is 45.0. The van der Waals surface area contributed by atoms with Gasteiger partial charge in [-0.1, -0.05) is 97.1 Å². The zero-order valence-corrected chi connectivity index (χ0v) is 23.0. The number of fused-ring (bicyclic) bond motifs is 11. The molecule has 190 valence electrons. The van der Waals surface area contributed by atoms with Crippen LogP contribution in [0.2, 0.25) is 0 Å². The molecule has 1 heteroatoms. The Morgan fingerprint density at radius 1 is 0.350 bits per heavy atom. The summed E-state index contributed by atoms with van der Waals surface area (Å²) in [6.45, 7) is 6.72. The lowest BCUT2D eigenvalue weighted by atomic mass is 9.79. The van der Waals surface area contributed by atoms with Gasteiger partial charge in [-0.3, -0.25) is 0 Å². The highest BCUT2D eigenvalue weighted by Gasteiger charge is 2.24. The van der Waals surface area contributed by atoms with Crippen molar-refractivity contribution in [2.75, 3.05) is 0 Å². The Kier molecular flexibility index (Phi) is 4.93. The molecule has 0 spiro atoms. The Morgan fingerprint density at radius 2 is 0.700 bits per heavy atom. The van der Waals surface area contributed by atoms with Gasteiger partial charge in [-0.15, -0.1) is 0 Å². The molecule has 1 nitrogen and oxygen atoms in total. The van der Waals surface area contributed by atoms with Crippen LogP contribution >= 0.6 is 0 Å². The fraction of sp³-hybridized carbons (Fsp3) is 0.0769. The SMILES string of the molecule is Cc1cc2c(cc1C)-c1cc(-n3c4ccccc4c4ccccc43)c(C)cc1-c1ccccc1-c1ccccc1-2. The second kappa shape index (κ2) is 8.56. The summed E-state index contributed by atoms with van der Waals surface area (Å²) in [6.07, 6.45) is 0. The Hall–Kier alpha value is -4.88. The average Bonchev–Trinajstić information content (AvgIpc) is 3.32. The zero-order valence-electron chi connectivity index (χ0n) is 23.0. The summed E-state index contributed by atoms with van der Waals surface area (Å²) < 4.78 is 2.46. The molecule has 1 aliphatic carbocycles. The number of rotatable bonds is 1. The first-order chi connectivity index (χ1) is 19.6. The molecule has 0 saturated heterocycles. The first-order valence-electron chi connectivity index (χ1n) is 14.0. The van der Waals surface area contributed by atoms with Crippen molar-refractivity contribution in [2.45, 2.75) is 20.8 Å². The predicted molar refractivity (Wildman–Crippen MR) is 170 cm³/mol. The third-order valence-electron chi connectivity index (χ3n) is 8.81. The fourth-order valence-corrected chi connectivity index (χ4v) is 6.73. The van der Waals surface area contributed by atoms with E-state index in [9.17, 15) is 0 Å². The number of para-hydroxylation sites is 2. The molecule has 0 radical (unpaired) electrons. The summed E-state index contributed by atoms with van der Waals surface area (Å²) in [7, 11) is 0. The van der Waals surface area contributed by atoms with Crippen LogP contribution in [0.1, 0.15) is 16.7 Å². The Balaban J connectivity index is 1.54. The number of hydrogen-bond acceptors (Lipinski definition) is 0. The molecule has 6 aromatic carbocycles. The lowest BCUT2D eigenvalue weighted by molar-refractivity contribution is 1.15. The van der Waals surface area contributed by atoms with Gasteiger partial charge in [-0.2, -0.15) is 0 Å². The largest absolute Gasteiger partial charge is 0.309 e. The minimum absolute atomic E-state index is 1.23. The summed E-state index contributed by atoms with van der Waals surface area (Å²) in [5.41, 5.74) is 17.9. The third kappa shape index (κ3) is 3.21. The van der Waals surface area contributed by atoms with Gasteiger partial charge in [0.05, 0.1) is 11.0 Å². The molecule has 0 N–H and O–H groups in total. The molecule has 7 aromatic rings. The van der Waals surface area contributed by atoms with Gasteiger partial charge < -0.3 is 4.57 Å². The highest BCUT2D eigenvalue weighted by molar-refractivity contribution is 6.10. The molecule has 0 fully saturated rings. The molecule has 0 bridgehead atoms. The molecule has 0 amide bonds. The summed E-state index contributed by atoms with van der Waals surface area (Å²) >= 11 is 0. The number of nitrogens with zero attached hydrogens (tertiary/aromatic N) is 1. The standard InChI is InChI=1S/C39H29N/c1-24-20-33-29-14-6-4-12-27(29)28-13-5-7-15-30(28)34-22-26(3)39(23-36(34)35(33)21-25(24)2)40-37-18-10-8-16-31(37)32-17-9-11-19-38(32)40/h4-23H,1-3H3. The van der Waals surface area contributed by atoms with E-state index in [4.69, 9.17) is 0 Å². The van der Waals surface area contributed by atoms with Crippen LogP contribution in [0.15, 0.2) is 121 Å². The highest BCUT2D eigenvalue weighted by Crippen LogP contribution is 2.49. The third-order valence-corrected chi connectivity index (χ3v) is 8.81. The molecule has 1 aromatic heterocycles. The van der Waals surface area contributed by atoms with Gasteiger partial charge in [-0.05, 0) is 106 Å². The second-order valence-corrected chi connectivity index (χ2v) is 11.1. The number of hydrogen-bond donors (Lipinski definition) is 0. The average molecular weight is 512 g/mol. The molecule has 1 aliphatic rings. The van der Waals surface area contributed by atoms with Gasteiger partial charge in [0, 0.05) is 16.5 Å². The van der Waals surface area contributed by atoms with Crippen molar-refractivity contribution in [3.8, 4) is 50.2 Å². The minimum atomic E-state index is 1.23. The summed E-state index contributed by atoms with van der Waals surface area (Å²) in [5, 5.41) is 2.57. The lowest BCUT2D eigenvalue weighted by Crippen LogP contribution is -2.03. The van der Waals surface area contributed by atoms with Crippen molar-refractivity contribution in [3.05, 3.63) is 138 Å². The molecular formula is C39H29N. The van der Waals surface area contributed by atoms with E-state index < -0.39 is 0 Å². The van der Waals surface area contributed by atoms with E-state index in [0.29, 0.717) is 0 Å². The van der Waals surface area contributed by atoms with Crippen LogP contribution in [0.5, 0.6) is 0 Å². The van der Waals surface area contributed by atoms with Crippen LogP contribution < -0.4 is 0 Å². The normalized spacial score (nSPS) is 11.9. The monoisotopic (exact) mass is 511 g/mol. The van der Waals surface area contributed by atoms with Crippen LogP contribution in [0.25, 0.3) is 72.0 Å². The molecule has 1 heterocycles. The highest BCUT2D eigenvalue weighted by atomic mass is 15.0. The first-order valence-corrected chi connectivity index (χ1v) is 14.0. The van der Waals surface area contributed by atoms with Crippen molar-refractivity contribution < 1.29 is 0 Å². The molecule has 8 rings (SSSR count). The van der Waals surface area contributed by atoms with Gasteiger partial charge >= 0.3 is 0 Å². The van der Waals surface area contributed by atoms with Gasteiger partial charge in [0.1, 0.15) is 0 Å². The molecule has 0 aliphatic heterocycles. The Bertz CT molecular complexity index is 2090. The number of aromatic nitrogens is 1. The van der Waals surface area contributed by atoms with E-state index in [1.54, 1.807) is 0 Å². The van der Waals surface area contributed by atoms with Crippen LogP contribution in [0.3, 0.4) is 0 Å². The van der Waals surface area contributed by atoms with E-state index >= 15 is 0 Å². The van der Waals surface area contributed by atoms with E-state index in [1.165, 1.54) is 88.7 Å². The van der Waals surface area contributed by atoms with Crippen molar-refractivity contribution >= 4 is 21.8 Å². The number of benzene rings is 6. The quantitative estimate of drug-likeness (QED) is 0.206. The van der Waals surface area contributed by atoms with Gasteiger partial charge in [-0.25, -0.2) is 0 Å². The number of aryl methyl sites for hydroxylation is 3. The van der Waals surface area contributed by atoms with Crippen molar-refractivity contribution in [3.63, 3.8) is 0 Å². The van der Waals surface area contributed by atoms with E-state index in [2.05, 4.69) is 147 Å². The molecule has 0 atom stereocenters. The lowest BCUT2D eigenvalue weighted by Gasteiger charge is -2.25. The van der Waals surface area contributed by atoms with Gasteiger partial charge in [0.15, 0.2) is 0 Å². The van der Waals surface area contributed by atoms with Crippen molar-refractivity contribution in [1.82, 2.24) is 4.57 Å². The van der Waals surface area contributed by atoms with Gasteiger partial charge in [0.25, 0.3) is 0 Å². The Labute approximate surface area is 235 Å². The van der Waals surface area contributed by atoms with E-state index in [0.717, 1.165) is 0 Å². The van der Waals surface area contributed by atoms with Crippen LogP contribution in [0.4, 0.5) is 0 Å². The topological polar surface area (TPSA) is 4.93 Å². The molecule has 0 unspecified atom stereocenters. The van der Waals surface area contributed by atoms with E-state index in [1.807, 2.05) is 0 Å². The van der Waals surface area contributed by atoms with Crippen molar-refractivity contribution in [2.24, 2.45) is 0 Å². The maximum atomic E-state index is 2.46. The summed E-state index contributed by atoms with van der Waals surface area (Å²) in [4.78, 5) is 0. The molecular weight excluding hydrogens is 482 g/mol. The maximum Gasteiger partial charge on any atom is 0.0541 e. The minimum Gasteiger partial charge on any atom is -0.309 e. The van der Waals surface area contributed by atoms with Crippen LogP contribution in [-0.4, -0.2) is 4.57 Å². The fourth-order valence-electron chi connectivity index (χ4n) is 6.73. The molecule has 40 heavy (non-hydrogen) atoms. The predicted octanol–water partition coefficient (Wildman–Crippen LogP) is 10.7. The Morgan fingerprint density at radius 3 is 1.20 bits per heavy atom. The molecule has 0 saturated carbocycles. The summed E-state index contributed by atoms with van der Waals surface area (Å²) in [5.74, 6) is 0.